The van der Waals surface area contributed by atoms with Crippen LogP contribution < -0.4 is 5.73 Å². The highest BCUT2D eigenvalue weighted by Crippen LogP contribution is 2.36. The summed E-state index contributed by atoms with van der Waals surface area (Å²) in [6, 6.07) is 13.1. The quantitative estimate of drug-likeness (QED) is 0.804. The van der Waals surface area contributed by atoms with Crippen molar-refractivity contribution in [2.24, 2.45) is 11.7 Å². The van der Waals surface area contributed by atoms with E-state index in [-0.39, 0.29) is 24.4 Å². The average Bonchev–Trinajstić information content (AvgIpc) is 3.34. The molecular weight excluding hydrogens is 390 g/mol. The van der Waals surface area contributed by atoms with Gasteiger partial charge in [-0.25, -0.2) is 0 Å². The zero-order valence-electron chi connectivity index (χ0n) is 16.4. The van der Waals surface area contributed by atoms with Crippen molar-refractivity contribution in [3.8, 4) is 0 Å². The standard InChI is InChI=1S/C22H29N3OS.ClH/c1-2-20-18-9-11-27-21(18)8-10-25(20)22(26)15-24-13-17(12-23)19(14-24)16-6-4-3-5-7-16;/h3-7,9,11,17,19-20H,2,8,10,12-15,23H2,1H3;1H/t17-,19+,20?;/m1./s1. The van der Waals surface area contributed by atoms with Crippen molar-refractivity contribution in [1.82, 2.24) is 9.80 Å². The molecule has 2 aromatic rings. The summed E-state index contributed by atoms with van der Waals surface area (Å²) in [6.45, 7) is 6.05. The number of amides is 1. The molecule has 1 fully saturated rings. The number of carbonyl (C=O) groups is 1. The minimum Gasteiger partial charge on any atom is -0.334 e. The van der Waals surface area contributed by atoms with Crippen LogP contribution in [-0.2, 0) is 11.2 Å². The summed E-state index contributed by atoms with van der Waals surface area (Å²) in [5, 5.41) is 2.16. The molecule has 6 heteroatoms. The Morgan fingerprint density at radius 2 is 2.00 bits per heavy atom. The van der Waals surface area contributed by atoms with Gasteiger partial charge in [0.05, 0.1) is 12.6 Å². The Hall–Kier alpha value is -1.40. The Bertz CT molecular complexity index is 781. The maximum absolute atomic E-state index is 13.1. The summed E-state index contributed by atoms with van der Waals surface area (Å²) in [6.07, 6.45) is 1.97. The van der Waals surface area contributed by atoms with Gasteiger partial charge < -0.3 is 10.6 Å². The first-order valence-electron chi connectivity index (χ1n) is 10.0. The third-order valence-corrected chi connectivity index (χ3v) is 7.20. The lowest BCUT2D eigenvalue weighted by molar-refractivity contribution is -0.135. The molecule has 1 saturated heterocycles. The van der Waals surface area contributed by atoms with Crippen LogP contribution in [0.1, 0.15) is 41.3 Å². The number of likely N-dealkylation sites (tertiary alicyclic amines) is 1. The van der Waals surface area contributed by atoms with Gasteiger partial charge in [-0.2, -0.15) is 0 Å². The van der Waals surface area contributed by atoms with Gasteiger partial charge in [0, 0.05) is 30.4 Å². The van der Waals surface area contributed by atoms with Gasteiger partial charge in [0.1, 0.15) is 0 Å². The Morgan fingerprint density at radius 1 is 1.21 bits per heavy atom. The molecule has 28 heavy (non-hydrogen) atoms. The fraction of sp³-hybridized carbons (Fsp3) is 0.500. The van der Waals surface area contributed by atoms with E-state index in [1.54, 1.807) is 0 Å². The van der Waals surface area contributed by atoms with E-state index in [0.29, 0.717) is 24.9 Å². The van der Waals surface area contributed by atoms with E-state index in [0.717, 1.165) is 32.5 Å². The lowest BCUT2D eigenvalue weighted by atomic mass is 9.89. The topological polar surface area (TPSA) is 49.6 Å². The van der Waals surface area contributed by atoms with Crippen molar-refractivity contribution in [2.45, 2.75) is 31.7 Å². The fourth-order valence-electron chi connectivity index (χ4n) is 4.82. The molecule has 4 rings (SSSR count). The van der Waals surface area contributed by atoms with Crippen molar-refractivity contribution in [3.05, 3.63) is 57.8 Å². The predicted molar refractivity (Wildman–Crippen MR) is 118 cm³/mol. The first-order chi connectivity index (χ1) is 13.2. The molecule has 152 valence electrons. The van der Waals surface area contributed by atoms with Crippen LogP contribution >= 0.6 is 23.7 Å². The first kappa shape index (κ1) is 21.3. The van der Waals surface area contributed by atoms with Crippen molar-refractivity contribution >= 4 is 29.7 Å². The Kier molecular flexibility index (Phi) is 7.15. The van der Waals surface area contributed by atoms with Gasteiger partial charge in [0.2, 0.25) is 5.91 Å². The second-order valence-electron chi connectivity index (χ2n) is 7.77. The maximum atomic E-state index is 13.1. The van der Waals surface area contributed by atoms with Crippen LogP contribution in [0.4, 0.5) is 0 Å². The van der Waals surface area contributed by atoms with Gasteiger partial charge >= 0.3 is 0 Å². The zero-order chi connectivity index (χ0) is 18.8. The minimum absolute atomic E-state index is 0. The number of nitrogens with two attached hydrogens (primary N) is 1. The number of benzene rings is 1. The van der Waals surface area contributed by atoms with Gasteiger partial charge in [0.15, 0.2) is 0 Å². The molecule has 1 aromatic carbocycles. The number of hydrogen-bond acceptors (Lipinski definition) is 4. The summed E-state index contributed by atoms with van der Waals surface area (Å²) in [4.78, 5) is 19.0. The normalized spacial score (nSPS) is 24.6. The molecule has 0 spiro atoms. The van der Waals surface area contributed by atoms with E-state index in [9.17, 15) is 4.79 Å². The molecule has 1 unspecified atom stereocenters. The lowest BCUT2D eigenvalue weighted by Crippen LogP contribution is -2.44. The second kappa shape index (κ2) is 9.40. The van der Waals surface area contributed by atoms with Crippen LogP contribution in [0.5, 0.6) is 0 Å². The number of fused-ring (bicyclic) bond motifs is 1. The zero-order valence-corrected chi connectivity index (χ0v) is 18.1. The third-order valence-electron chi connectivity index (χ3n) is 6.21. The van der Waals surface area contributed by atoms with Crippen molar-refractivity contribution in [3.63, 3.8) is 0 Å². The van der Waals surface area contributed by atoms with E-state index in [4.69, 9.17) is 5.73 Å². The lowest BCUT2D eigenvalue weighted by Gasteiger charge is -2.36. The molecule has 0 bridgehead atoms. The Labute approximate surface area is 178 Å². The predicted octanol–water partition coefficient (Wildman–Crippen LogP) is 3.68. The summed E-state index contributed by atoms with van der Waals surface area (Å²) in [5.41, 5.74) is 8.77. The molecule has 3 heterocycles. The molecular formula is C22H30ClN3OS. The molecule has 2 aliphatic heterocycles. The summed E-state index contributed by atoms with van der Waals surface area (Å²) >= 11 is 1.83. The molecule has 0 radical (unpaired) electrons. The number of hydrogen-bond donors (Lipinski definition) is 1. The maximum Gasteiger partial charge on any atom is 0.237 e. The SMILES string of the molecule is CCC1c2ccsc2CCN1C(=O)CN1C[C@@H](CN)[C@H](c2ccccc2)C1.Cl. The Balaban J connectivity index is 0.00000225. The highest BCUT2D eigenvalue weighted by molar-refractivity contribution is 7.10. The van der Waals surface area contributed by atoms with E-state index < -0.39 is 0 Å². The molecule has 0 saturated carbocycles. The molecule has 0 aliphatic carbocycles. The van der Waals surface area contributed by atoms with Crippen LogP contribution in [0.15, 0.2) is 41.8 Å². The molecule has 3 atom stereocenters. The monoisotopic (exact) mass is 419 g/mol. The average molecular weight is 420 g/mol. The van der Waals surface area contributed by atoms with Crippen LogP contribution in [0.3, 0.4) is 0 Å². The van der Waals surface area contributed by atoms with E-state index >= 15 is 0 Å². The van der Waals surface area contributed by atoms with Crippen LogP contribution in [0.2, 0.25) is 0 Å². The number of thiophene rings is 1. The summed E-state index contributed by atoms with van der Waals surface area (Å²) in [7, 11) is 0. The van der Waals surface area contributed by atoms with Gasteiger partial charge in [-0.1, -0.05) is 37.3 Å². The largest absolute Gasteiger partial charge is 0.334 e. The van der Waals surface area contributed by atoms with Crippen LogP contribution in [0, 0.1) is 5.92 Å². The van der Waals surface area contributed by atoms with Crippen molar-refractivity contribution in [1.29, 1.82) is 0 Å². The molecule has 4 nitrogen and oxygen atoms in total. The van der Waals surface area contributed by atoms with Crippen LogP contribution in [0.25, 0.3) is 0 Å². The molecule has 2 aliphatic rings. The molecule has 1 aromatic heterocycles. The Morgan fingerprint density at radius 3 is 2.71 bits per heavy atom. The van der Waals surface area contributed by atoms with E-state index in [1.807, 2.05) is 11.3 Å². The van der Waals surface area contributed by atoms with E-state index in [2.05, 4.69) is 58.5 Å². The van der Waals surface area contributed by atoms with Gasteiger partial charge in [-0.05, 0) is 47.9 Å². The van der Waals surface area contributed by atoms with Gasteiger partial charge in [-0.3, -0.25) is 9.69 Å². The highest BCUT2D eigenvalue weighted by atomic mass is 35.5. The minimum atomic E-state index is 0. The van der Waals surface area contributed by atoms with Crippen molar-refractivity contribution in [2.75, 3.05) is 32.7 Å². The molecule has 1 amide bonds. The third kappa shape index (κ3) is 4.13. The highest BCUT2D eigenvalue weighted by Gasteiger charge is 2.36. The number of halogens is 1. The summed E-state index contributed by atoms with van der Waals surface area (Å²) < 4.78 is 0. The number of carbonyl (C=O) groups excluding carboxylic acids is 1. The van der Waals surface area contributed by atoms with Gasteiger partial charge in [-0.15, -0.1) is 23.7 Å². The summed E-state index contributed by atoms with van der Waals surface area (Å²) in [5.74, 6) is 1.12. The van der Waals surface area contributed by atoms with Gasteiger partial charge in [0.25, 0.3) is 0 Å². The molecule has 2 N–H and O–H groups in total. The fourth-order valence-corrected chi connectivity index (χ4v) is 5.75. The smallest absolute Gasteiger partial charge is 0.237 e. The second-order valence-corrected chi connectivity index (χ2v) is 8.77. The first-order valence-corrected chi connectivity index (χ1v) is 10.9. The number of rotatable bonds is 5. The van der Waals surface area contributed by atoms with Crippen LogP contribution in [-0.4, -0.2) is 48.4 Å². The van der Waals surface area contributed by atoms with E-state index in [1.165, 1.54) is 16.0 Å². The van der Waals surface area contributed by atoms with Crippen molar-refractivity contribution < 1.29 is 4.79 Å². The number of nitrogens with zero attached hydrogens (tertiary/aromatic N) is 2.